The Balaban J connectivity index is 0.000000159. The molecule has 0 atom stereocenters. The summed E-state index contributed by atoms with van der Waals surface area (Å²) in [5, 5.41) is 7.55. The molecule has 1 aromatic rings. The van der Waals surface area contributed by atoms with Crippen molar-refractivity contribution in [1.82, 2.24) is 20.0 Å². The van der Waals surface area contributed by atoms with E-state index < -0.39 is 0 Å². The van der Waals surface area contributed by atoms with Crippen LogP contribution in [-0.2, 0) is 11.8 Å². The molecular weight excluding hydrogens is 340 g/mol. The van der Waals surface area contributed by atoms with Gasteiger partial charge >= 0.3 is 6.09 Å². The number of amides is 1. The van der Waals surface area contributed by atoms with Crippen LogP contribution in [0.1, 0.15) is 70.9 Å². The SMILES string of the molecule is CC(C)(C)OC(=O)N1CCC2(CCC2)C1.Cn1nccc1C1CCNCC1. The first kappa shape index (κ1) is 20.2. The van der Waals surface area contributed by atoms with E-state index in [1.54, 1.807) is 0 Å². The van der Waals surface area contributed by atoms with Crippen molar-refractivity contribution in [1.29, 1.82) is 0 Å². The van der Waals surface area contributed by atoms with Gasteiger partial charge in [-0.15, -0.1) is 0 Å². The molecule has 1 saturated carbocycles. The average Bonchev–Trinajstić information content (AvgIpc) is 3.21. The minimum Gasteiger partial charge on any atom is -0.444 e. The standard InChI is InChI=1S/C12H21NO2.C9H15N3/c1-11(2,3)15-10(14)13-8-7-12(9-13)5-4-6-12;1-12-9(4-7-11-12)8-2-5-10-6-3-8/h4-9H2,1-3H3;4,7-8,10H,2-3,5-6H2,1H3. The van der Waals surface area contributed by atoms with Crippen molar-refractivity contribution in [2.24, 2.45) is 12.5 Å². The second kappa shape index (κ2) is 8.21. The molecule has 152 valence electrons. The van der Waals surface area contributed by atoms with Crippen LogP contribution in [0.4, 0.5) is 4.79 Å². The number of nitrogens with one attached hydrogen (secondary N) is 1. The average molecular weight is 377 g/mol. The maximum absolute atomic E-state index is 11.8. The molecule has 2 saturated heterocycles. The predicted octanol–water partition coefficient (Wildman–Crippen LogP) is 3.68. The van der Waals surface area contributed by atoms with Crippen LogP contribution in [0.2, 0.25) is 0 Å². The number of aryl methyl sites for hydroxylation is 1. The number of piperidine rings is 1. The van der Waals surface area contributed by atoms with E-state index in [9.17, 15) is 4.79 Å². The molecule has 6 nitrogen and oxygen atoms in total. The van der Waals surface area contributed by atoms with Gasteiger partial charge in [0, 0.05) is 37.9 Å². The topological polar surface area (TPSA) is 59.4 Å². The van der Waals surface area contributed by atoms with Crippen molar-refractivity contribution in [2.45, 2.75) is 70.8 Å². The van der Waals surface area contributed by atoms with E-state index in [2.05, 4.69) is 16.5 Å². The molecule has 1 spiro atoms. The first-order chi connectivity index (χ1) is 12.8. The molecule has 0 bridgehead atoms. The minimum atomic E-state index is -0.369. The summed E-state index contributed by atoms with van der Waals surface area (Å²) >= 11 is 0. The van der Waals surface area contributed by atoms with Crippen molar-refractivity contribution in [2.75, 3.05) is 26.2 Å². The Kier molecular flexibility index (Phi) is 6.14. The number of hydrogen-bond acceptors (Lipinski definition) is 4. The molecule has 1 amide bonds. The molecule has 1 N–H and O–H groups in total. The van der Waals surface area contributed by atoms with Crippen molar-refractivity contribution in [3.63, 3.8) is 0 Å². The van der Waals surface area contributed by atoms with Crippen LogP contribution in [0.3, 0.4) is 0 Å². The van der Waals surface area contributed by atoms with Gasteiger partial charge in [-0.3, -0.25) is 4.68 Å². The normalized spacial score (nSPS) is 22.1. The van der Waals surface area contributed by atoms with Crippen LogP contribution in [0.15, 0.2) is 12.3 Å². The highest BCUT2D eigenvalue weighted by Crippen LogP contribution is 2.48. The zero-order chi connectivity index (χ0) is 19.5. The van der Waals surface area contributed by atoms with Crippen LogP contribution in [0.25, 0.3) is 0 Å². The highest BCUT2D eigenvalue weighted by Gasteiger charge is 2.44. The Labute approximate surface area is 163 Å². The molecular formula is C21H36N4O2. The second-order valence-electron chi connectivity index (χ2n) is 9.41. The molecule has 4 rings (SSSR count). The number of carbonyl (C=O) groups excluding carboxylic acids is 1. The zero-order valence-corrected chi connectivity index (χ0v) is 17.5. The van der Waals surface area contributed by atoms with Gasteiger partial charge in [-0.1, -0.05) is 6.42 Å². The fourth-order valence-electron chi connectivity index (χ4n) is 4.40. The number of carbonyl (C=O) groups is 1. The largest absolute Gasteiger partial charge is 0.444 e. The molecule has 1 aliphatic carbocycles. The highest BCUT2D eigenvalue weighted by molar-refractivity contribution is 5.68. The van der Waals surface area contributed by atoms with Crippen LogP contribution in [0, 0.1) is 5.41 Å². The quantitative estimate of drug-likeness (QED) is 0.812. The van der Waals surface area contributed by atoms with Gasteiger partial charge in [-0.2, -0.15) is 5.10 Å². The van der Waals surface area contributed by atoms with Crippen LogP contribution in [0.5, 0.6) is 0 Å². The third-order valence-electron chi connectivity index (χ3n) is 6.12. The van der Waals surface area contributed by atoms with Crippen LogP contribution < -0.4 is 5.32 Å². The van der Waals surface area contributed by atoms with Gasteiger partial charge in [0.1, 0.15) is 5.60 Å². The Hall–Kier alpha value is -1.56. The van der Waals surface area contributed by atoms with Crippen molar-refractivity contribution < 1.29 is 9.53 Å². The lowest BCUT2D eigenvalue weighted by Crippen LogP contribution is -2.38. The molecule has 1 aromatic heterocycles. The number of nitrogens with zero attached hydrogens (tertiary/aromatic N) is 3. The summed E-state index contributed by atoms with van der Waals surface area (Å²) in [5.41, 5.74) is 1.49. The van der Waals surface area contributed by atoms with Gasteiger partial charge in [0.05, 0.1) is 0 Å². The summed E-state index contributed by atoms with van der Waals surface area (Å²) in [6, 6.07) is 2.13. The molecule has 0 unspecified atom stereocenters. The first-order valence-corrected chi connectivity index (χ1v) is 10.4. The van der Waals surface area contributed by atoms with E-state index in [4.69, 9.17) is 4.74 Å². The highest BCUT2D eigenvalue weighted by atomic mass is 16.6. The molecule has 6 heteroatoms. The number of likely N-dealkylation sites (tertiary alicyclic amines) is 1. The lowest BCUT2D eigenvalue weighted by Gasteiger charge is -2.38. The van der Waals surface area contributed by atoms with E-state index in [1.807, 2.05) is 43.6 Å². The molecule has 2 aliphatic heterocycles. The van der Waals surface area contributed by atoms with E-state index >= 15 is 0 Å². The van der Waals surface area contributed by atoms with Crippen molar-refractivity contribution in [3.05, 3.63) is 18.0 Å². The van der Waals surface area contributed by atoms with Crippen molar-refractivity contribution >= 4 is 6.09 Å². The first-order valence-electron chi connectivity index (χ1n) is 10.4. The Morgan fingerprint density at radius 2 is 1.96 bits per heavy atom. The molecule has 0 aromatic carbocycles. The van der Waals surface area contributed by atoms with E-state index in [0.717, 1.165) is 32.1 Å². The fraction of sp³-hybridized carbons (Fsp3) is 0.810. The summed E-state index contributed by atoms with van der Waals surface area (Å²) in [7, 11) is 2.03. The number of ether oxygens (including phenoxy) is 1. The maximum atomic E-state index is 11.8. The maximum Gasteiger partial charge on any atom is 0.410 e. The lowest BCUT2D eigenvalue weighted by atomic mass is 9.68. The van der Waals surface area contributed by atoms with E-state index in [0.29, 0.717) is 5.41 Å². The van der Waals surface area contributed by atoms with Gasteiger partial charge in [0.15, 0.2) is 0 Å². The third-order valence-corrected chi connectivity index (χ3v) is 6.12. The van der Waals surface area contributed by atoms with Crippen LogP contribution >= 0.6 is 0 Å². The number of rotatable bonds is 1. The van der Waals surface area contributed by atoms with Crippen molar-refractivity contribution in [3.8, 4) is 0 Å². The minimum absolute atomic E-state index is 0.133. The predicted molar refractivity (Wildman–Crippen MR) is 107 cm³/mol. The Bertz CT molecular complexity index is 624. The van der Waals surface area contributed by atoms with Gasteiger partial charge < -0.3 is 15.0 Å². The Morgan fingerprint density at radius 1 is 1.26 bits per heavy atom. The molecule has 3 heterocycles. The number of hydrogen-bond donors (Lipinski definition) is 1. The summed E-state index contributed by atoms with van der Waals surface area (Å²) < 4.78 is 7.37. The van der Waals surface area contributed by atoms with Gasteiger partial charge in [0.2, 0.25) is 0 Å². The number of aromatic nitrogens is 2. The third kappa shape index (κ3) is 5.24. The molecule has 27 heavy (non-hydrogen) atoms. The van der Waals surface area contributed by atoms with E-state index in [-0.39, 0.29) is 11.7 Å². The molecule has 0 radical (unpaired) electrons. The summed E-state index contributed by atoms with van der Waals surface area (Å²) in [6.45, 7) is 9.85. The fourth-order valence-corrected chi connectivity index (χ4v) is 4.40. The summed E-state index contributed by atoms with van der Waals surface area (Å²) in [6.07, 6.45) is 9.36. The smallest absolute Gasteiger partial charge is 0.410 e. The second-order valence-corrected chi connectivity index (χ2v) is 9.41. The zero-order valence-electron chi connectivity index (χ0n) is 17.5. The van der Waals surface area contributed by atoms with Crippen LogP contribution in [-0.4, -0.2) is 52.6 Å². The van der Waals surface area contributed by atoms with E-state index in [1.165, 1.54) is 44.2 Å². The summed E-state index contributed by atoms with van der Waals surface area (Å²) in [5.74, 6) is 0.721. The van der Waals surface area contributed by atoms with Gasteiger partial charge in [0.25, 0.3) is 0 Å². The summed E-state index contributed by atoms with van der Waals surface area (Å²) in [4.78, 5) is 13.7. The van der Waals surface area contributed by atoms with Gasteiger partial charge in [-0.25, -0.2) is 4.79 Å². The monoisotopic (exact) mass is 376 g/mol. The Morgan fingerprint density at radius 3 is 2.44 bits per heavy atom. The molecule has 3 aliphatic rings. The lowest BCUT2D eigenvalue weighted by molar-refractivity contribution is 0.0245. The molecule has 3 fully saturated rings. The van der Waals surface area contributed by atoms with Gasteiger partial charge in [-0.05, 0) is 77.4 Å².